The van der Waals surface area contributed by atoms with Crippen molar-refractivity contribution in [1.29, 1.82) is 0 Å². The maximum atomic E-state index is 13.7. The third-order valence-corrected chi connectivity index (χ3v) is 2.71. The molecule has 1 atom stereocenters. The monoisotopic (exact) mass is 303 g/mol. The summed E-state index contributed by atoms with van der Waals surface area (Å²) in [6.07, 6.45) is -11.0. The Bertz CT molecular complexity index is 450. The first-order chi connectivity index (χ1) is 9.02. The Balaban J connectivity index is 2.81. The predicted molar refractivity (Wildman–Crippen MR) is 58.2 cm³/mol. The van der Waals surface area contributed by atoms with Gasteiger partial charge in [0.15, 0.2) is 0 Å². The van der Waals surface area contributed by atoms with E-state index in [-0.39, 0.29) is 12.8 Å². The van der Waals surface area contributed by atoms with Crippen LogP contribution in [0.15, 0.2) is 18.2 Å². The van der Waals surface area contributed by atoms with Crippen LogP contribution in [0, 0.1) is 5.82 Å². The molecule has 8 heteroatoms. The molecule has 1 aromatic rings. The molecule has 0 aliphatic heterocycles. The van der Waals surface area contributed by atoms with Gasteiger partial charge in [-0.05, 0) is 18.9 Å². The Kier molecular flexibility index (Phi) is 5.01. The Morgan fingerprint density at radius 2 is 1.65 bits per heavy atom. The lowest BCUT2D eigenvalue weighted by Crippen LogP contribution is -2.17. The van der Waals surface area contributed by atoms with Crippen LogP contribution in [0.2, 0.25) is 0 Å². The molecule has 0 saturated carbocycles. The molecule has 0 saturated heterocycles. The molecule has 0 aliphatic carbocycles. The highest BCUT2D eigenvalue weighted by atomic mass is 19.4. The van der Waals surface area contributed by atoms with Crippen molar-refractivity contribution >= 4 is 0 Å². The lowest BCUT2D eigenvalue weighted by molar-refractivity contribution is -0.140. The summed E-state index contributed by atoms with van der Waals surface area (Å²) >= 11 is 0. The van der Waals surface area contributed by atoms with Crippen LogP contribution < -0.4 is 5.73 Å². The largest absolute Gasteiger partial charge is 0.419 e. The first-order valence-electron chi connectivity index (χ1n) is 5.70. The molecule has 0 heterocycles. The van der Waals surface area contributed by atoms with E-state index in [9.17, 15) is 30.7 Å². The minimum atomic E-state index is -4.87. The van der Waals surface area contributed by atoms with Crippen molar-refractivity contribution in [2.75, 3.05) is 0 Å². The maximum Gasteiger partial charge on any atom is 0.419 e. The smallest absolute Gasteiger partial charge is 0.324 e. The zero-order valence-electron chi connectivity index (χ0n) is 10.2. The highest BCUT2D eigenvalue weighted by molar-refractivity contribution is 5.30. The summed E-state index contributed by atoms with van der Waals surface area (Å²) in [5.41, 5.74) is 3.56. The summed E-state index contributed by atoms with van der Waals surface area (Å²) in [4.78, 5) is 0. The van der Waals surface area contributed by atoms with Crippen LogP contribution in [0.4, 0.5) is 30.7 Å². The number of benzene rings is 1. The molecule has 0 fully saturated rings. The van der Waals surface area contributed by atoms with Gasteiger partial charge in [-0.25, -0.2) is 4.39 Å². The van der Waals surface area contributed by atoms with E-state index in [1.54, 1.807) is 0 Å². The Morgan fingerprint density at radius 3 is 2.15 bits per heavy atom. The van der Waals surface area contributed by atoms with Gasteiger partial charge < -0.3 is 5.73 Å². The lowest BCUT2D eigenvalue weighted by Gasteiger charge is -2.16. The lowest BCUT2D eigenvalue weighted by atomic mass is 9.98. The highest BCUT2D eigenvalue weighted by Gasteiger charge is 2.35. The summed E-state index contributed by atoms with van der Waals surface area (Å²) < 4.78 is 86.9. The van der Waals surface area contributed by atoms with E-state index in [1.165, 1.54) is 0 Å². The van der Waals surface area contributed by atoms with E-state index in [2.05, 4.69) is 0 Å². The second kappa shape index (κ2) is 5.99. The molecule has 0 radical (unpaired) electrons. The van der Waals surface area contributed by atoms with E-state index in [0.29, 0.717) is 6.07 Å². The van der Waals surface area contributed by atoms with Crippen LogP contribution in [-0.4, -0.2) is 6.18 Å². The fourth-order valence-corrected chi connectivity index (χ4v) is 1.73. The molecule has 1 aromatic carbocycles. The molecule has 1 unspecified atom stereocenters. The van der Waals surface area contributed by atoms with Crippen molar-refractivity contribution in [2.24, 2.45) is 5.73 Å². The van der Waals surface area contributed by atoms with E-state index < -0.39 is 41.8 Å². The molecule has 2 N–H and O–H groups in total. The number of hydrogen-bond donors (Lipinski definition) is 1. The number of rotatable bonds is 4. The molecular formula is C12H12F7N. The van der Waals surface area contributed by atoms with E-state index >= 15 is 0 Å². The number of hydrogen-bond acceptors (Lipinski definition) is 1. The minimum absolute atomic E-state index is 0.252. The second-order valence-corrected chi connectivity index (χ2v) is 4.32. The first-order valence-corrected chi connectivity index (χ1v) is 5.70. The van der Waals surface area contributed by atoms with E-state index in [0.717, 1.165) is 12.1 Å². The average Bonchev–Trinajstić information content (AvgIpc) is 2.25. The quantitative estimate of drug-likeness (QED) is 0.810. The zero-order valence-corrected chi connectivity index (χ0v) is 10.2. The van der Waals surface area contributed by atoms with Crippen LogP contribution in [0.5, 0.6) is 0 Å². The molecular weight excluding hydrogens is 291 g/mol. The van der Waals surface area contributed by atoms with Gasteiger partial charge in [0.25, 0.3) is 0 Å². The molecule has 1 rings (SSSR count). The fraction of sp³-hybridized carbons (Fsp3) is 0.500. The SMILES string of the molecule is NC(CCCC(F)(F)F)c1cccc(C(F)(F)F)c1F. The number of nitrogens with two attached hydrogens (primary N) is 1. The van der Waals surface area contributed by atoms with Crippen LogP contribution in [0.1, 0.15) is 36.4 Å². The topological polar surface area (TPSA) is 26.0 Å². The van der Waals surface area contributed by atoms with Gasteiger partial charge in [-0.1, -0.05) is 12.1 Å². The number of alkyl halides is 6. The van der Waals surface area contributed by atoms with Crippen molar-refractivity contribution in [3.05, 3.63) is 35.1 Å². The molecule has 20 heavy (non-hydrogen) atoms. The third-order valence-electron chi connectivity index (χ3n) is 2.71. The van der Waals surface area contributed by atoms with Crippen LogP contribution in [0.25, 0.3) is 0 Å². The van der Waals surface area contributed by atoms with E-state index in [1.807, 2.05) is 0 Å². The molecule has 1 nitrogen and oxygen atoms in total. The summed E-state index contributed by atoms with van der Waals surface area (Å²) in [6, 6.07) is 1.37. The average molecular weight is 303 g/mol. The molecule has 0 bridgehead atoms. The molecule has 0 spiro atoms. The van der Waals surface area contributed by atoms with Crippen molar-refractivity contribution in [3.63, 3.8) is 0 Å². The van der Waals surface area contributed by atoms with Gasteiger partial charge >= 0.3 is 12.4 Å². The van der Waals surface area contributed by atoms with Gasteiger partial charge in [-0.3, -0.25) is 0 Å². The van der Waals surface area contributed by atoms with Crippen molar-refractivity contribution < 1.29 is 30.7 Å². The molecule has 114 valence electrons. The Hall–Kier alpha value is -1.31. The normalized spacial score (nSPS) is 14.4. The van der Waals surface area contributed by atoms with Crippen LogP contribution in [0.3, 0.4) is 0 Å². The van der Waals surface area contributed by atoms with Crippen LogP contribution >= 0.6 is 0 Å². The Labute approximate surface area is 110 Å². The molecule has 0 aliphatic rings. The van der Waals surface area contributed by atoms with E-state index in [4.69, 9.17) is 5.73 Å². The van der Waals surface area contributed by atoms with Gasteiger partial charge in [-0.2, -0.15) is 26.3 Å². The molecule has 0 aromatic heterocycles. The predicted octanol–water partition coefficient (Wildman–Crippen LogP) is 4.58. The fourth-order valence-electron chi connectivity index (χ4n) is 1.73. The zero-order chi connectivity index (χ0) is 15.6. The third kappa shape index (κ3) is 4.66. The number of halogens is 7. The van der Waals surface area contributed by atoms with Gasteiger partial charge in [0.2, 0.25) is 0 Å². The van der Waals surface area contributed by atoms with Gasteiger partial charge in [-0.15, -0.1) is 0 Å². The standard InChI is InChI=1S/C12H12F7N/c13-10-7(3-1-4-8(10)12(17,18)19)9(20)5-2-6-11(14,15)16/h1,3-4,9H,2,5-6,20H2. The minimum Gasteiger partial charge on any atom is -0.324 e. The summed E-state index contributed by atoms with van der Waals surface area (Å²) in [5.74, 6) is -1.53. The molecule has 0 amide bonds. The first kappa shape index (κ1) is 16.7. The summed E-state index contributed by atoms with van der Waals surface area (Å²) in [7, 11) is 0. The maximum absolute atomic E-state index is 13.7. The van der Waals surface area contributed by atoms with Gasteiger partial charge in [0, 0.05) is 18.0 Å². The van der Waals surface area contributed by atoms with Crippen molar-refractivity contribution in [1.82, 2.24) is 0 Å². The van der Waals surface area contributed by atoms with Crippen molar-refractivity contribution in [2.45, 2.75) is 37.7 Å². The highest BCUT2D eigenvalue weighted by Crippen LogP contribution is 2.34. The Morgan fingerprint density at radius 1 is 1.05 bits per heavy atom. The second-order valence-electron chi connectivity index (χ2n) is 4.32. The van der Waals surface area contributed by atoms with Gasteiger partial charge in [0.05, 0.1) is 5.56 Å². The summed E-state index contributed by atoms with van der Waals surface area (Å²) in [5, 5.41) is 0. The summed E-state index contributed by atoms with van der Waals surface area (Å²) in [6.45, 7) is 0. The van der Waals surface area contributed by atoms with Crippen LogP contribution in [-0.2, 0) is 6.18 Å². The van der Waals surface area contributed by atoms with Crippen molar-refractivity contribution in [3.8, 4) is 0 Å². The van der Waals surface area contributed by atoms with Gasteiger partial charge in [0.1, 0.15) is 5.82 Å².